The first-order valence-electron chi connectivity index (χ1n) is 28.4. The molecule has 1 saturated heterocycles. The number of hydrogen-bond acceptors (Lipinski definition) is 22. The molecule has 11 atom stereocenters. The van der Waals surface area contributed by atoms with Gasteiger partial charge in [0.15, 0.2) is 0 Å². The van der Waals surface area contributed by atoms with Crippen molar-refractivity contribution in [3.05, 3.63) is 77.9 Å². The normalized spacial score (nSPS) is 16.1. The van der Waals surface area contributed by atoms with E-state index in [-0.39, 0.29) is 86.1 Å². The number of nitrogens with two attached hydrogens (primary N) is 2. The number of nitrogens with zero attached hydrogens (tertiary/aromatic N) is 2. The van der Waals surface area contributed by atoms with Gasteiger partial charge in [0.05, 0.1) is 25.5 Å². The Morgan fingerprint density at radius 1 is 0.600 bits per heavy atom. The van der Waals surface area contributed by atoms with Crippen molar-refractivity contribution >= 4 is 121 Å². The van der Waals surface area contributed by atoms with Crippen LogP contribution in [0.5, 0.6) is 11.5 Å². The predicted octanol–water partition coefficient (Wildman–Crippen LogP) is -5.41. The number of aromatic amines is 1. The summed E-state index contributed by atoms with van der Waals surface area (Å²) in [7, 11) is 0. The van der Waals surface area contributed by atoms with Crippen LogP contribution in [0.25, 0.3) is 0 Å². The molecule has 4 rings (SSSR count). The molecule has 0 bridgehead atoms. The number of rotatable bonds is 37. The van der Waals surface area contributed by atoms with Crippen LogP contribution in [0.15, 0.2) is 61.1 Å². The molecule has 0 aliphatic carbocycles. The predicted molar refractivity (Wildman–Crippen MR) is 338 cm³/mol. The number of aromatic hydroxyl groups is 2. The topological polar surface area (TPSA) is 490 Å². The van der Waals surface area contributed by atoms with Crippen molar-refractivity contribution in [3.8, 4) is 11.5 Å². The number of aliphatic hydroxyl groups is 1. The third-order valence-electron chi connectivity index (χ3n) is 14.0. The maximum absolute atomic E-state index is 14.4. The third kappa shape index (κ3) is 23.8. The number of thiol groups is 4. The molecule has 3 aromatic rings. The van der Waals surface area contributed by atoms with Gasteiger partial charge in [-0.1, -0.05) is 24.3 Å². The van der Waals surface area contributed by atoms with E-state index in [4.69, 9.17) is 11.5 Å². The number of amides is 11. The van der Waals surface area contributed by atoms with E-state index >= 15 is 0 Å². The fourth-order valence-electron chi connectivity index (χ4n) is 8.93. The zero-order valence-electron chi connectivity index (χ0n) is 49.0. The van der Waals surface area contributed by atoms with Gasteiger partial charge in [0.2, 0.25) is 65.0 Å². The Kier molecular flexibility index (Phi) is 31.5. The summed E-state index contributed by atoms with van der Waals surface area (Å²) in [6.07, 6.45) is 3.36. The fourth-order valence-corrected chi connectivity index (χ4v) is 9.86. The second kappa shape index (κ2) is 38.0. The van der Waals surface area contributed by atoms with Gasteiger partial charge < -0.3 is 94.9 Å². The molecule has 1 aliphatic heterocycles. The van der Waals surface area contributed by atoms with Crippen molar-refractivity contribution in [1.82, 2.24) is 68.0 Å². The van der Waals surface area contributed by atoms with E-state index in [2.05, 4.69) is 114 Å². The van der Waals surface area contributed by atoms with Crippen LogP contribution in [-0.4, -0.2) is 222 Å². The number of aromatic nitrogens is 2. The number of carboxylic acids is 1. The lowest BCUT2D eigenvalue weighted by atomic mass is 10.0. The number of likely N-dealkylation sites (tertiary alicyclic amines) is 1. The minimum Gasteiger partial charge on any atom is -0.508 e. The molecule has 90 heavy (non-hydrogen) atoms. The Labute approximate surface area is 539 Å². The summed E-state index contributed by atoms with van der Waals surface area (Å²) < 4.78 is 0. The minimum absolute atomic E-state index is 0.00649. The molecule has 2 heterocycles. The molecule has 0 saturated carbocycles. The molecule has 0 unspecified atom stereocenters. The van der Waals surface area contributed by atoms with Crippen molar-refractivity contribution in [2.75, 3.05) is 49.3 Å². The van der Waals surface area contributed by atoms with Gasteiger partial charge in [-0.2, -0.15) is 50.5 Å². The van der Waals surface area contributed by atoms with Crippen LogP contribution in [0.3, 0.4) is 0 Å². The van der Waals surface area contributed by atoms with Crippen LogP contribution >= 0.6 is 50.5 Å². The second-order valence-corrected chi connectivity index (χ2v) is 22.3. The van der Waals surface area contributed by atoms with E-state index in [1.807, 2.05) is 0 Å². The van der Waals surface area contributed by atoms with Crippen molar-refractivity contribution in [2.45, 2.75) is 125 Å². The monoisotopic (exact) mass is 1330 g/mol. The number of H-pyrrole nitrogens is 1. The number of carboxylic acid groups (broad SMARTS) is 1. The highest BCUT2D eigenvalue weighted by atomic mass is 32.1. The molecule has 11 amide bonds. The Hall–Kier alpha value is -7.83. The largest absolute Gasteiger partial charge is 0.508 e. The number of aliphatic hydroxyl groups excluding tert-OH is 1. The van der Waals surface area contributed by atoms with Crippen LogP contribution in [0.2, 0.25) is 0 Å². The van der Waals surface area contributed by atoms with Gasteiger partial charge in [-0.3, -0.25) is 52.7 Å². The number of hydrogen-bond donors (Lipinski definition) is 21. The molecule has 1 aliphatic rings. The van der Waals surface area contributed by atoms with Crippen molar-refractivity contribution in [3.63, 3.8) is 0 Å². The number of carbonyl (C=O) groups is 12. The lowest BCUT2D eigenvalue weighted by molar-refractivity contribution is -0.142. The molecule has 1 fully saturated rings. The molecule has 35 heteroatoms. The number of benzene rings is 2. The summed E-state index contributed by atoms with van der Waals surface area (Å²) in [4.78, 5) is 170. The van der Waals surface area contributed by atoms with E-state index in [1.54, 1.807) is 0 Å². The highest BCUT2D eigenvalue weighted by molar-refractivity contribution is 7.80. The van der Waals surface area contributed by atoms with Gasteiger partial charge in [0, 0.05) is 60.7 Å². The average Bonchev–Trinajstić information content (AvgIpc) is 1.68. The number of imidazole rings is 1. The van der Waals surface area contributed by atoms with Crippen LogP contribution < -0.4 is 64.6 Å². The van der Waals surface area contributed by atoms with Gasteiger partial charge in [-0.15, -0.1) is 0 Å². The third-order valence-corrected chi connectivity index (χ3v) is 15.5. The number of phenolic OH excluding ortho intramolecular Hbond substituents is 2. The second-order valence-electron chi connectivity index (χ2n) is 20.9. The summed E-state index contributed by atoms with van der Waals surface area (Å²) in [5.41, 5.74) is 12.7. The van der Waals surface area contributed by atoms with Gasteiger partial charge in [0.25, 0.3) is 0 Å². The highest BCUT2D eigenvalue weighted by Gasteiger charge is 2.40. The van der Waals surface area contributed by atoms with Gasteiger partial charge in [0.1, 0.15) is 71.9 Å². The van der Waals surface area contributed by atoms with Gasteiger partial charge >= 0.3 is 5.97 Å². The summed E-state index contributed by atoms with van der Waals surface area (Å²) in [5.74, 6) is -12.0. The highest BCUT2D eigenvalue weighted by Crippen LogP contribution is 2.21. The van der Waals surface area contributed by atoms with E-state index in [1.165, 1.54) is 72.9 Å². The Morgan fingerprint density at radius 2 is 1.09 bits per heavy atom. The molecular weight excluding hydrogens is 1250 g/mol. The quantitative estimate of drug-likeness (QED) is 0.0189. The minimum atomic E-state index is -1.72. The lowest BCUT2D eigenvalue weighted by Crippen LogP contribution is -2.60. The maximum atomic E-state index is 14.4. The molecule has 494 valence electrons. The number of nitrogens with one attached hydrogen (secondary N) is 11. The summed E-state index contributed by atoms with van der Waals surface area (Å²) >= 11 is 16.3. The lowest BCUT2D eigenvalue weighted by Gasteiger charge is -2.30. The van der Waals surface area contributed by atoms with Crippen LogP contribution in [0, 0.1) is 0 Å². The fraction of sp³-hybridized carbons (Fsp3) is 0.509. The summed E-state index contributed by atoms with van der Waals surface area (Å²) in [6, 6.07) is -3.91. The molecule has 1 aromatic heterocycles. The summed E-state index contributed by atoms with van der Waals surface area (Å²) in [6.45, 7) is -0.125. The van der Waals surface area contributed by atoms with Crippen LogP contribution in [0.1, 0.15) is 55.8 Å². The first-order chi connectivity index (χ1) is 42.9. The van der Waals surface area contributed by atoms with E-state index in [0.29, 0.717) is 29.7 Å². The Morgan fingerprint density at radius 3 is 1.60 bits per heavy atom. The van der Waals surface area contributed by atoms with Crippen LogP contribution in [-0.2, 0) is 76.8 Å². The Balaban J connectivity index is 1.44. The maximum Gasteiger partial charge on any atom is 0.327 e. The molecule has 0 radical (unpaired) electrons. The first kappa shape index (κ1) is 74.6. The average molecular weight is 1330 g/mol. The van der Waals surface area contributed by atoms with Crippen molar-refractivity contribution < 1.29 is 78.0 Å². The zero-order valence-corrected chi connectivity index (χ0v) is 52.5. The molecule has 19 N–H and O–H groups in total. The summed E-state index contributed by atoms with van der Waals surface area (Å²) in [5, 5.41) is 64.1. The molecule has 2 aromatic carbocycles. The SMILES string of the molecule is C[C@H](NC(=O)[C@@H]1CCCN1C(=O)[C@H](Cc1cnc[nH]1)NC(=O)[C@H](CS)NC(=O)[C@@H](N)CS)C(=O)N[C@@H](CS)C(=O)NCC(=O)N[C@@H](CCCCN)C(=O)N[C@@H](Cc1ccc(O)cc1)C(=O)N[C@@H](Cc1ccc(O)cc1)C(=O)N[C@@H](CO)C(=O)N[C@@H](CS)C(=O)O. The molecular formula is C55H79N15O16S4. The number of aliphatic carboxylic acids is 1. The Bertz CT molecular complexity index is 2940. The van der Waals surface area contributed by atoms with Crippen LogP contribution in [0.4, 0.5) is 0 Å². The van der Waals surface area contributed by atoms with Gasteiger partial charge in [-0.25, -0.2) is 9.78 Å². The van der Waals surface area contributed by atoms with E-state index in [0.717, 1.165) is 0 Å². The van der Waals surface area contributed by atoms with Crippen molar-refractivity contribution in [2.24, 2.45) is 11.5 Å². The van der Waals surface area contributed by atoms with E-state index < -0.39 is 151 Å². The number of carbonyl (C=O) groups excluding carboxylic acids is 11. The molecule has 31 nitrogen and oxygen atoms in total. The standard InChI is InChI=1S/C55H79N15O16S4/c1-28(61-53(83)43-6-4-16-70(43)54(84)38(19-31-20-58-27-60-31)65-52(82)41(25-89)68-46(76)34(57)23-87)45(75)67-40(24-88)47(77)59-21-44(74)62-35(5-2-3-15-56)48(78)63-36(17-29-7-11-32(72)12-8-29)49(79)64-37(18-30-9-13-33(73)14-10-30)50(80)66-39(22-71)51(81)69-42(26-90)55(85)86/h7-14,20,27-28,34-43,71-73,87-90H,2-6,15-19,21-26,56-57H2,1H3,(H,58,60)(H,59,77)(H,61,83)(H,62,74)(H,63,78)(H,64,79)(H,65,82)(H,66,80)(H,67,75)(H,68,76)(H,69,81)(H,85,86)/t28-,34-,35-,36-,37-,38-,39-,40-,41-,42-,43-/m0/s1. The zero-order chi connectivity index (χ0) is 66.6. The first-order valence-corrected chi connectivity index (χ1v) is 31.0. The smallest absolute Gasteiger partial charge is 0.327 e. The van der Waals surface area contributed by atoms with Crippen molar-refractivity contribution in [1.29, 1.82) is 0 Å². The number of unbranched alkanes of at least 4 members (excludes halogenated alkanes) is 1. The van der Waals surface area contributed by atoms with Gasteiger partial charge in [-0.05, 0) is 81.0 Å². The number of phenols is 2. The molecule has 0 spiro atoms. The van der Waals surface area contributed by atoms with E-state index in [9.17, 15) is 78.0 Å².